The second-order valence-corrected chi connectivity index (χ2v) is 4.74. The van der Waals surface area contributed by atoms with Crippen LogP contribution in [-0.2, 0) is 11.3 Å². The van der Waals surface area contributed by atoms with Gasteiger partial charge in [-0.1, -0.05) is 44.2 Å². The Morgan fingerprint density at radius 1 is 1.33 bits per heavy atom. The molecule has 0 aromatic heterocycles. The van der Waals surface area contributed by atoms with E-state index >= 15 is 0 Å². The maximum atomic E-state index is 12.2. The van der Waals surface area contributed by atoms with Gasteiger partial charge in [-0.15, -0.1) is 0 Å². The van der Waals surface area contributed by atoms with Crippen LogP contribution in [0.25, 0.3) is 0 Å². The van der Waals surface area contributed by atoms with Crippen molar-refractivity contribution in [3.05, 3.63) is 35.9 Å². The van der Waals surface area contributed by atoms with Crippen molar-refractivity contribution >= 4 is 5.91 Å². The van der Waals surface area contributed by atoms with E-state index in [1.54, 1.807) is 4.90 Å². The minimum atomic E-state index is -0.514. The van der Waals surface area contributed by atoms with Gasteiger partial charge in [0.1, 0.15) is 0 Å². The summed E-state index contributed by atoms with van der Waals surface area (Å²) in [7, 11) is 0. The Labute approximate surface area is 108 Å². The zero-order valence-corrected chi connectivity index (χ0v) is 11.0. The Hall–Kier alpha value is -1.39. The molecule has 0 aliphatic rings. The molecule has 1 rings (SSSR count). The molecule has 0 spiro atoms. The highest BCUT2D eigenvalue weighted by Crippen LogP contribution is 2.08. The molecule has 0 bridgehead atoms. The first-order chi connectivity index (χ1) is 8.56. The van der Waals surface area contributed by atoms with Crippen LogP contribution >= 0.6 is 0 Å². The zero-order valence-electron chi connectivity index (χ0n) is 11.0. The van der Waals surface area contributed by atoms with Gasteiger partial charge in [0.05, 0.1) is 12.6 Å². The number of nitrogens with zero attached hydrogens (tertiary/aromatic N) is 1. The molecule has 0 aliphatic heterocycles. The molecule has 0 radical (unpaired) electrons. The average Bonchev–Trinajstić information content (AvgIpc) is 2.37. The van der Waals surface area contributed by atoms with Crippen LogP contribution in [0, 0.1) is 5.92 Å². The van der Waals surface area contributed by atoms with Crippen LogP contribution in [0.15, 0.2) is 30.3 Å². The van der Waals surface area contributed by atoms with Crippen LogP contribution in [0.4, 0.5) is 0 Å². The fourth-order valence-corrected chi connectivity index (χ4v) is 1.69. The minimum absolute atomic E-state index is 0.0522. The number of amides is 1. The first kappa shape index (κ1) is 14.7. The predicted octanol–water partition coefficient (Wildman–Crippen LogP) is 0.991. The number of hydrogen-bond donors (Lipinski definition) is 2. The molecular weight excluding hydrogens is 228 g/mol. The van der Waals surface area contributed by atoms with Crippen molar-refractivity contribution in [1.29, 1.82) is 0 Å². The third kappa shape index (κ3) is 4.13. The zero-order chi connectivity index (χ0) is 13.5. The van der Waals surface area contributed by atoms with Crippen LogP contribution < -0.4 is 5.73 Å². The van der Waals surface area contributed by atoms with Crippen LogP contribution in [0.5, 0.6) is 0 Å². The number of benzene rings is 1. The molecule has 100 valence electrons. The van der Waals surface area contributed by atoms with Crippen molar-refractivity contribution in [3.63, 3.8) is 0 Å². The van der Waals surface area contributed by atoms with Gasteiger partial charge in [-0.05, 0) is 11.5 Å². The van der Waals surface area contributed by atoms with E-state index in [0.717, 1.165) is 5.56 Å². The summed E-state index contributed by atoms with van der Waals surface area (Å²) in [5, 5.41) is 9.05. The Morgan fingerprint density at radius 2 is 1.94 bits per heavy atom. The summed E-state index contributed by atoms with van der Waals surface area (Å²) in [4.78, 5) is 13.8. The van der Waals surface area contributed by atoms with E-state index in [2.05, 4.69) is 0 Å². The summed E-state index contributed by atoms with van der Waals surface area (Å²) in [5.41, 5.74) is 6.91. The number of aliphatic hydroxyl groups is 1. The van der Waals surface area contributed by atoms with Crippen molar-refractivity contribution in [2.45, 2.75) is 26.4 Å². The van der Waals surface area contributed by atoms with E-state index in [0.29, 0.717) is 13.1 Å². The lowest BCUT2D eigenvalue weighted by Gasteiger charge is -2.26. The molecule has 4 heteroatoms. The van der Waals surface area contributed by atoms with Crippen molar-refractivity contribution in [2.75, 3.05) is 13.2 Å². The average molecular weight is 250 g/mol. The second kappa shape index (κ2) is 7.13. The van der Waals surface area contributed by atoms with Gasteiger partial charge in [-0.3, -0.25) is 4.79 Å². The third-order valence-electron chi connectivity index (χ3n) is 2.90. The predicted molar refractivity (Wildman–Crippen MR) is 71.8 cm³/mol. The van der Waals surface area contributed by atoms with Crippen molar-refractivity contribution in [1.82, 2.24) is 4.90 Å². The molecule has 0 aliphatic carbocycles. The Morgan fingerprint density at radius 3 is 2.44 bits per heavy atom. The van der Waals surface area contributed by atoms with E-state index in [9.17, 15) is 4.79 Å². The van der Waals surface area contributed by atoms with E-state index in [1.807, 2.05) is 44.2 Å². The monoisotopic (exact) mass is 250 g/mol. The van der Waals surface area contributed by atoms with Gasteiger partial charge in [0.2, 0.25) is 5.91 Å². The van der Waals surface area contributed by atoms with E-state index in [-0.39, 0.29) is 18.4 Å². The lowest BCUT2D eigenvalue weighted by Crippen LogP contribution is -2.47. The SMILES string of the molecule is CC(C)[C@H](N)C(=O)N(CCO)Cc1ccccc1. The molecule has 1 aromatic rings. The number of carbonyl (C=O) groups is 1. The van der Waals surface area contributed by atoms with Gasteiger partial charge in [0, 0.05) is 13.1 Å². The molecular formula is C14H22N2O2. The number of rotatable bonds is 6. The second-order valence-electron chi connectivity index (χ2n) is 4.74. The van der Waals surface area contributed by atoms with E-state index < -0.39 is 6.04 Å². The molecule has 18 heavy (non-hydrogen) atoms. The van der Waals surface area contributed by atoms with Gasteiger partial charge in [0.25, 0.3) is 0 Å². The summed E-state index contributed by atoms with van der Waals surface area (Å²) >= 11 is 0. The lowest BCUT2D eigenvalue weighted by molar-refractivity contribution is -0.134. The topological polar surface area (TPSA) is 66.6 Å². The fraction of sp³-hybridized carbons (Fsp3) is 0.500. The first-order valence-electron chi connectivity index (χ1n) is 6.25. The van der Waals surface area contributed by atoms with Crippen LogP contribution in [0.2, 0.25) is 0 Å². The molecule has 0 saturated carbocycles. The van der Waals surface area contributed by atoms with Gasteiger partial charge < -0.3 is 15.7 Å². The van der Waals surface area contributed by atoms with Gasteiger partial charge in [-0.25, -0.2) is 0 Å². The maximum absolute atomic E-state index is 12.2. The fourth-order valence-electron chi connectivity index (χ4n) is 1.69. The summed E-state index contributed by atoms with van der Waals surface area (Å²) in [6, 6.07) is 9.19. The molecule has 3 N–H and O–H groups in total. The third-order valence-corrected chi connectivity index (χ3v) is 2.90. The van der Waals surface area contributed by atoms with Crippen molar-refractivity contribution in [2.24, 2.45) is 11.7 Å². The largest absolute Gasteiger partial charge is 0.395 e. The molecule has 0 unspecified atom stereocenters. The molecule has 1 atom stereocenters. The van der Waals surface area contributed by atoms with Crippen LogP contribution in [0.3, 0.4) is 0 Å². The van der Waals surface area contributed by atoms with Crippen LogP contribution in [-0.4, -0.2) is 35.1 Å². The maximum Gasteiger partial charge on any atom is 0.240 e. The molecule has 0 fully saturated rings. The highest BCUT2D eigenvalue weighted by atomic mass is 16.3. The standard InChI is InChI=1S/C14H22N2O2/c1-11(2)13(15)14(18)16(8-9-17)10-12-6-4-3-5-7-12/h3-7,11,13,17H,8-10,15H2,1-2H3/t13-/m0/s1. The summed E-state index contributed by atoms with van der Waals surface area (Å²) in [6.07, 6.45) is 0. The smallest absolute Gasteiger partial charge is 0.240 e. The Balaban J connectivity index is 2.73. The Kier molecular flexibility index (Phi) is 5.82. The minimum Gasteiger partial charge on any atom is -0.395 e. The quantitative estimate of drug-likeness (QED) is 0.791. The number of carbonyl (C=O) groups excluding carboxylic acids is 1. The van der Waals surface area contributed by atoms with Gasteiger partial charge in [-0.2, -0.15) is 0 Å². The highest BCUT2D eigenvalue weighted by Gasteiger charge is 2.23. The van der Waals surface area contributed by atoms with Gasteiger partial charge >= 0.3 is 0 Å². The van der Waals surface area contributed by atoms with Crippen molar-refractivity contribution in [3.8, 4) is 0 Å². The summed E-state index contributed by atoms with van der Waals surface area (Å²) in [5.74, 6) is -0.0163. The summed E-state index contributed by atoms with van der Waals surface area (Å²) < 4.78 is 0. The number of hydrogen-bond acceptors (Lipinski definition) is 3. The van der Waals surface area contributed by atoms with E-state index in [4.69, 9.17) is 10.8 Å². The number of nitrogens with two attached hydrogens (primary N) is 1. The molecule has 1 amide bonds. The number of aliphatic hydroxyl groups excluding tert-OH is 1. The van der Waals surface area contributed by atoms with Gasteiger partial charge in [0.15, 0.2) is 0 Å². The molecule has 4 nitrogen and oxygen atoms in total. The molecule has 0 heterocycles. The molecule has 1 aromatic carbocycles. The lowest BCUT2D eigenvalue weighted by atomic mass is 10.0. The first-order valence-corrected chi connectivity index (χ1v) is 6.25. The van der Waals surface area contributed by atoms with E-state index in [1.165, 1.54) is 0 Å². The molecule has 0 saturated heterocycles. The highest BCUT2D eigenvalue weighted by molar-refractivity contribution is 5.81. The summed E-state index contributed by atoms with van der Waals surface area (Å²) in [6.45, 7) is 4.59. The Bertz CT molecular complexity index is 365. The normalized spacial score (nSPS) is 12.5. The van der Waals surface area contributed by atoms with Crippen LogP contribution in [0.1, 0.15) is 19.4 Å². The van der Waals surface area contributed by atoms with Crippen molar-refractivity contribution < 1.29 is 9.90 Å².